The molecule has 47 heavy (non-hydrogen) atoms. The number of benzene rings is 1. The van der Waals surface area contributed by atoms with Crippen LogP contribution in [0.5, 0.6) is 0 Å². The monoisotopic (exact) mass is 663 g/mol. The van der Waals surface area contributed by atoms with Crippen molar-refractivity contribution in [2.24, 2.45) is 57.2 Å². The van der Waals surface area contributed by atoms with Crippen LogP contribution in [0.3, 0.4) is 0 Å². The van der Waals surface area contributed by atoms with Crippen LogP contribution in [0.1, 0.15) is 132 Å². The molecule has 5 aliphatic rings. The molecular formula is C42H62ClNO3. The molecular weight excluding hydrogens is 602 g/mol. The first-order valence-corrected chi connectivity index (χ1v) is 19.4. The molecule has 5 heteroatoms. The van der Waals surface area contributed by atoms with E-state index in [0.717, 1.165) is 43.8 Å². The molecule has 4 saturated carbocycles. The smallest absolute Gasteiger partial charge is 0.306 e. The van der Waals surface area contributed by atoms with Crippen molar-refractivity contribution in [1.82, 2.24) is 5.32 Å². The molecule has 9 atom stereocenters. The average Bonchev–Trinajstić information content (AvgIpc) is 3.29. The molecule has 1 N–H and O–H groups in total. The SMILES string of the molecule is CC(C)C1=C2C3CCC4C(C)(CCC5C(C)C(OC(=O)CC(C)(C)C)CCC54C)C3CCC2(CCNCc2ccc(Cl)cc2)CC1=O. The Balaban J connectivity index is 1.20. The third-order valence-corrected chi connectivity index (χ3v) is 14.5. The van der Waals surface area contributed by atoms with Crippen molar-refractivity contribution in [3.05, 3.63) is 46.0 Å². The van der Waals surface area contributed by atoms with Crippen molar-refractivity contribution < 1.29 is 14.3 Å². The van der Waals surface area contributed by atoms with Gasteiger partial charge in [0, 0.05) is 23.4 Å². The molecule has 4 nitrogen and oxygen atoms in total. The van der Waals surface area contributed by atoms with E-state index in [1.54, 1.807) is 5.57 Å². The van der Waals surface area contributed by atoms with Gasteiger partial charge in [-0.15, -0.1) is 0 Å². The molecule has 9 unspecified atom stereocenters. The Bertz CT molecular complexity index is 1370. The van der Waals surface area contributed by atoms with E-state index in [1.165, 1.54) is 43.2 Å². The highest BCUT2D eigenvalue weighted by atomic mass is 35.5. The number of fused-ring (bicyclic) bond motifs is 7. The van der Waals surface area contributed by atoms with Crippen LogP contribution >= 0.6 is 11.6 Å². The predicted octanol–water partition coefficient (Wildman–Crippen LogP) is 10.4. The number of rotatable bonds is 8. The quantitative estimate of drug-likeness (QED) is 0.222. The Morgan fingerprint density at radius 2 is 1.64 bits per heavy atom. The highest BCUT2D eigenvalue weighted by molar-refractivity contribution is 6.30. The lowest BCUT2D eigenvalue weighted by molar-refractivity contribution is -0.191. The number of ether oxygens (including phenoxy) is 1. The first-order chi connectivity index (χ1) is 22.1. The van der Waals surface area contributed by atoms with Crippen LogP contribution in [0.25, 0.3) is 0 Å². The van der Waals surface area contributed by atoms with E-state index in [2.05, 4.69) is 72.8 Å². The molecule has 0 spiro atoms. The second kappa shape index (κ2) is 12.9. The van der Waals surface area contributed by atoms with Gasteiger partial charge in [0.15, 0.2) is 5.78 Å². The Kier molecular flexibility index (Phi) is 9.66. The fourth-order valence-corrected chi connectivity index (χ4v) is 12.4. The number of nitrogens with one attached hydrogen (secondary N) is 1. The van der Waals surface area contributed by atoms with Crippen molar-refractivity contribution >= 4 is 23.4 Å². The second-order valence-corrected chi connectivity index (χ2v) is 19.1. The third kappa shape index (κ3) is 6.42. The minimum Gasteiger partial charge on any atom is -0.462 e. The summed E-state index contributed by atoms with van der Waals surface area (Å²) in [6, 6.07) is 8.12. The number of halogens is 1. The molecule has 0 saturated heterocycles. The summed E-state index contributed by atoms with van der Waals surface area (Å²) in [5.41, 5.74) is 4.60. The van der Waals surface area contributed by atoms with Gasteiger partial charge >= 0.3 is 5.97 Å². The van der Waals surface area contributed by atoms with Crippen LogP contribution < -0.4 is 5.32 Å². The lowest BCUT2D eigenvalue weighted by atomic mass is 9.38. The summed E-state index contributed by atoms with van der Waals surface area (Å²) in [5.74, 6) is 3.59. The number of carbonyl (C=O) groups is 2. The predicted molar refractivity (Wildman–Crippen MR) is 192 cm³/mol. The Hall–Kier alpha value is -1.65. The number of carbonyl (C=O) groups excluding carboxylic acids is 2. The second-order valence-electron chi connectivity index (χ2n) is 18.6. The number of allylic oxidation sites excluding steroid dienone is 2. The molecule has 6 rings (SSSR count). The summed E-state index contributed by atoms with van der Waals surface area (Å²) in [5, 5.41) is 4.49. The van der Waals surface area contributed by atoms with E-state index in [9.17, 15) is 9.59 Å². The van der Waals surface area contributed by atoms with Crippen molar-refractivity contribution in [3.63, 3.8) is 0 Å². The Morgan fingerprint density at radius 1 is 0.979 bits per heavy atom. The van der Waals surface area contributed by atoms with Crippen LogP contribution in [0.2, 0.25) is 5.02 Å². The van der Waals surface area contributed by atoms with Gasteiger partial charge in [-0.2, -0.15) is 0 Å². The molecule has 0 radical (unpaired) electrons. The lowest BCUT2D eigenvalue weighted by Crippen LogP contribution is -2.60. The van der Waals surface area contributed by atoms with Gasteiger partial charge in [-0.1, -0.05) is 84.7 Å². The molecule has 1 aromatic rings. The van der Waals surface area contributed by atoms with Crippen LogP contribution in [-0.2, 0) is 20.9 Å². The zero-order valence-corrected chi connectivity index (χ0v) is 31.4. The van der Waals surface area contributed by atoms with Gasteiger partial charge in [-0.05, 0) is 139 Å². The van der Waals surface area contributed by atoms with E-state index >= 15 is 0 Å². The van der Waals surface area contributed by atoms with Crippen molar-refractivity contribution in [2.45, 2.75) is 139 Å². The number of esters is 1. The number of ketones is 1. The van der Waals surface area contributed by atoms with E-state index in [-0.39, 0.29) is 34.2 Å². The number of Topliss-reactive ketones (excluding diaryl/α,β-unsaturated/α-hetero) is 1. The molecule has 0 heterocycles. The largest absolute Gasteiger partial charge is 0.462 e. The first-order valence-electron chi connectivity index (χ1n) is 19.0. The zero-order chi connectivity index (χ0) is 33.9. The minimum absolute atomic E-state index is 0.0229. The zero-order valence-electron chi connectivity index (χ0n) is 30.6. The molecule has 0 amide bonds. The fraction of sp³-hybridized carbons (Fsp3) is 0.762. The van der Waals surface area contributed by atoms with Gasteiger partial charge in [0.1, 0.15) is 6.10 Å². The minimum atomic E-state index is -0.0465. The van der Waals surface area contributed by atoms with Crippen LogP contribution in [0.15, 0.2) is 35.4 Å². The molecule has 1 aromatic carbocycles. The van der Waals surface area contributed by atoms with E-state index in [1.807, 2.05) is 12.1 Å². The fourth-order valence-electron chi connectivity index (χ4n) is 12.3. The molecule has 0 aliphatic heterocycles. The maximum atomic E-state index is 13.8. The van der Waals surface area contributed by atoms with Crippen molar-refractivity contribution in [2.75, 3.05) is 6.54 Å². The van der Waals surface area contributed by atoms with Crippen LogP contribution in [-0.4, -0.2) is 24.4 Å². The van der Waals surface area contributed by atoms with Gasteiger partial charge in [0.2, 0.25) is 0 Å². The van der Waals surface area contributed by atoms with Crippen molar-refractivity contribution in [1.29, 1.82) is 0 Å². The van der Waals surface area contributed by atoms with Gasteiger partial charge in [0.05, 0.1) is 6.42 Å². The summed E-state index contributed by atoms with van der Waals surface area (Å²) in [4.78, 5) is 26.7. The van der Waals surface area contributed by atoms with E-state index in [4.69, 9.17) is 16.3 Å². The summed E-state index contributed by atoms with van der Waals surface area (Å²) in [6.07, 6.45) is 11.8. The molecule has 4 fully saturated rings. The lowest BCUT2D eigenvalue weighted by Gasteiger charge is -2.67. The Labute approximate surface area is 290 Å². The summed E-state index contributed by atoms with van der Waals surface area (Å²) >= 11 is 6.11. The Morgan fingerprint density at radius 3 is 2.32 bits per heavy atom. The van der Waals surface area contributed by atoms with Crippen LogP contribution in [0, 0.1) is 57.2 Å². The molecule has 0 aromatic heterocycles. The normalized spacial score (nSPS) is 38.5. The number of hydrogen-bond donors (Lipinski definition) is 1. The van der Waals surface area contributed by atoms with Gasteiger partial charge in [-0.3, -0.25) is 9.59 Å². The van der Waals surface area contributed by atoms with E-state index < -0.39 is 0 Å². The standard InChI is InChI=1S/C42H62ClNO3/c1-26(2)37-33(45)23-42(21-22-44-25-28-9-11-29(43)12-10-28)20-16-32-30(38(37)42)13-14-35-40(7)19-17-34(47-36(46)24-39(4,5)6)27(3)31(40)15-18-41(32,35)8/h9-12,26-27,30-32,34-35,44H,13-25H2,1-8H3. The highest BCUT2D eigenvalue weighted by Gasteiger charge is 2.64. The molecule has 260 valence electrons. The topological polar surface area (TPSA) is 55.4 Å². The first kappa shape index (κ1) is 35.2. The average molecular weight is 664 g/mol. The maximum absolute atomic E-state index is 13.8. The summed E-state index contributed by atoms with van der Waals surface area (Å²) < 4.78 is 6.21. The highest BCUT2D eigenvalue weighted by Crippen LogP contribution is 2.72. The summed E-state index contributed by atoms with van der Waals surface area (Å²) in [7, 11) is 0. The van der Waals surface area contributed by atoms with Crippen LogP contribution in [0.4, 0.5) is 0 Å². The van der Waals surface area contributed by atoms with Gasteiger partial charge in [-0.25, -0.2) is 0 Å². The van der Waals surface area contributed by atoms with Gasteiger partial charge in [0.25, 0.3) is 0 Å². The molecule has 0 bridgehead atoms. The van der Waals surface area contributed by atoms with Gasteiger partial charge < -0.3 is 10.1 Å². The third-order valence-electron chi connectivity index (χ3n) is 14.2. The summed E-state index contributed by atoms with van der Waals surface area (Å²) in [6.45, 7) is 20.3. The van der Waals surface area contributed by atoms with E-state index in [0.29, 0.717) is 53.6 Å². The maximum Gasteiger partial charge on any atom is 0.306 e. The van der Waals surface area contributed by atoms with Crippen molar-refractivity contribution in [3.8, 4) is 0 Å². The number of hydrogen-bond acceptors (Lipinski definition) is 4. The molecule has 5 aliphatic carbocycles.